The van der Waals surface area contributed by atoms with Gasteiger partial charge in [-0.25, -0.2) is 0 Å². The van der Waals surface area contributed by atoms with Crippen LogP contribution < -0.4 is 5.73 Å². The number of carbonyl (C=O) groups is 2. The van der Waals surface area contributed by atoms with E-state index in [1.165, 1.54) is 12.0 Å². The van der Waals surface area contributed by atoms with Gasteiger partial charge in [-0.2, -0.15) is 0 Å². The molecular weight excluding hydrogens is 232 g/mol. The van der Waals surface area contributed by atoms with Crippen molar-refractivity contribution in [3.8, 4) is 0 Å². The molecular formula is C13H18N2O3. The molecule has 2 N–H and O–H groups in total. The van der Waals surface area contributed by atoms with Crippen LogP contribution in [0.3, 0.4) is 0 Å². The Labute approximate surface area is 107 Å². The van der Waals surface area contributed by atoms with Gasteiger partial charge in [0.25, 0.3) is 5.91 Å². The summed E-state index contributed by atoms with van der Waals surface area (Å²) in [4.78, 5) is 24.8. The van der Waals surface area contributed by atoms with Crippen LogP contribution in [0.15, 0.2) is 18.2 Å². The van der Waals surface area contributed by atoms with E-state index in [1.807, 2.05) is 13.8 Å². The molecule has 5 heteroatoms. The molecule has 0 atom stereocenters. The van der Waals surface area contributed by atoms with E-state index in [9.17, 15) is 9.59 Å². The number of carbonyl (C=O) groups excluding carboxylic acids is 2. The molecule has 0 radical (unpaired) electrons. The van der Waals surface area contributed by atoms with Crippen LogP contribution in [-0.2, 0) is 9.53 Å². The molecule has 0 spiro atoms. The number of rotatable bonds is 4. The number of amides is 1. The maximum atomic E-state index is 12.2. The maximum Gasteiger partial charge on any atom is 0.325 e. The Kier molecular flexibility index (Phi) is 4.71. The van der Waals surface area contributed by atoms with E-state index in [-0.39, 0.29) is 12.5 Å². The van der Waals surface area contributed by atoms with Gasteiger partial charge in [-0.15, -0.1) is 0 Å². The van der Waals surface area contributed by atoms with E-state index in [0.717, 1.165) is 5.56 Å². The van der Waals surface area contributed by atoms with Crippen LogP contribution in [0.25, 0.3) is 0 Å². The number of benzene rings is 1. The number of hydrogen-bond acceptors (Lipinski definition) is 4. The van der Waals surface area contributed by atoms with Crippen LogP contribution in [0.1, 0.15) is 22.8 Å². The van der Waals surface area contributed by atoms with Crippen molar-refractivity contribution in [2.24, 2.45) is 0 Å². The number of nitrogens with zero attached hydrogens (tertiary/aromatic N) is 1. The third-order valence-corrected chi connectivity index (χ3v) is 2.73. The fourth-order valence-corrected chi connectivity index (χ4v) is 1.54. The van der Waals surface area contributed by atoms with Crippen LogP contribution in [-0.4, -0.2) is 37.0 Å². The van der Waals surface area contributed by atoms with E-state index < -0.39 is 5.97 Å². The molecule has 1 amide bonds. The Balaban J connectivity index is 2.89. The van der Waals surface area contributed by atoms with Crippen molar-refractivity contribution in [3.05, 3.63) is 29.3 Å². The van der Waals surface area contributed by atoms with E-state index in [2.05, 4.69) is 4.74 Å². The summed E-state index contributed by atoms with van der Waals surface area (Å²) in [6.07, 6.45) is 0. The van der Waals surface area contributed by atoms with Crippen LogP contribution in [0.4, 0.5) is 5.69 Å². The van der Waals surface area contributed by atoms with Crippen molar-refractivity contribution in [2.75, 3.05) is 25.9 Å². The normalized spacial score (nSPS) is 9.94. The van der Waals surface area contributed by atoms with Crippen molar-refractivity contribution >= 4 is 17.6 Å². The third-order valence-electron chi connectivity index (χ3n) is 2.73. The summed E-state index contributed by atoms with van der Waals surface area (Å²) in [5, 5.41) is 0. The van der Waals surface area contributed by atoms with Crippen LogP contribution >= 0.6 is 0 Å². The second-order valence-corrected chi connectivity index (χ2v) is 3.97. The van der Waals surface area contributed by atoms with Gasteiger partial charge in [0.1, 0.15) is 6.54 Å². The lowest BCUT2D eigenvalue weighted by Crippen LogP contribution is -2.36. The van der Waals surface area contributed by atoms with Gasteiger partial charge < -0.3 is 15.4 Å². The molecule has 0 fully saturated rings. The van der Waals surface area contributed by atoms with Gasteiger partial charge in [0, 0.05) is 17.8 Å². The zero-order valence-corrected chi connectivity index (χ0v) is 10.9. The molecule has 0 unspecified atom stereocenters. The minimum absolute atomic E-state index is 0.0464. The van der Waals surface area contributed by atoms with Gasteiger partial charge in [-0.1, -0.05) is 0 Å². The van der Waals surface area contributed by atoms with Gasteiger partial charge in [0.15, 0.2) is 0 Å². The van der Waals surface area contributed by atoms with Crippen LogP contribution in [0, 0.1) is 6.92 Å². The van der Waals surface area contributed by atoms with Gasteiger partial charge in [0.05, 0.1) is 7.11 Å². The molecule has 98 valence electrons. The van der Waals surface area contributed by atoms with E-state index in [1.54, 1.807) is 18.2 Å². The summed E-state index contributed by atoms with van der Waals surface area (Å²) in [7, 11) is 1.30. The molecule has 18 heavy (non-hydrogen) atoms. The van der Waals surface area contributed by atoms with Crippen molar-refractivity contribution < 1.29 is 14.3 Å². The minimum Gasteiger partial charge on any atom is -0.468 e. The fraction of sp³-hybridized carbons (Fsp3) is 0.385. The molecule has 5 nitrogen and oxygen atoms in total. The lowest BCUT2D eigenvalue weighted by atomic mass is 10.1. The van der Waals surface area contributed by atoms with Gasteiger partial charge >= 0.3 is 5.97 Å². The van der Waals surface area contributed by atoms with E-state index in [0.29, 0.717) is 17.8 Å². The number of likely N-dealkylation sites (N-methyl/N-ethyl adjacent to an activating group) is 1. The van der Waals surface area contributed by atoms with Crippen LogP contribution in [0.2, 0.25) is 0 Å². The second-order valence-electron chi connectivity index (χ2n) is 3.97. The average Bonchev–Trinajstić information content (AvgIpc) is 2.38. The first-order valence-corrected chi connectivity index (χ1v) is 5.71. The van der Waals surface area contributed by atoms with E-state index in [4.69, 9.17) is 5.73 Å². The molecule has 0 saturated carbocycles. The molecule has 1 aromatic rings. The van der Waals surface area contributed by atoms with E-state index >= 15 is 0 Å². The van der Waals surface area contributed by atoms with Gasteiger partial charge in [0.2, 0.25) is 0 Å². The maximum absolute atomic E-state index is 12.2. The number of ether oxygens (including phenoxy) is 1. The predicted molar refractivity (Wildman–Crippen MR) is 69.2 cm³/mol. The monoisotopic (exact) mass is 250 g/mol. The molecule has 0 bridgehead atoms. The highest BCUT2D eigenvalue weighted by molar-refractivity contribution is 5.96. The first kappa shape index (κ1) is 14.0. The number of methoxy groups -OCH3 is 1. The smallest absolute Gasteiger partial charge is 0.325 e. The highest BCUT2D eigenvalue weighted by Gasteiger charge is 2.17. The SMILES string of the molecule is CCN(CC(=O)OC)C(=O)c1ccc(N)c(C)c1. The quantitative estimate of drug-likeness (QED) is 0.644. The Morgan fingerprint density at radius 2 is 2.06 bits per heavy atom. The number of aryl methyl sites for hydroxylation is 1. The number of hydrogen-bond donors (Lipinski definition) is 1. The summed E-state index contributed by atoms with van der Waals surface area (Å²) in [5.74, 6) is -0.636. The average molecular weight is 250 g/mol. The first-order chi connectivity index (χ1) is 8.49. The zero-order chi connectivity index (χ0) is 13.7. The van der Waals surface area contributed by atoms with Gasteiger partial charge in [-0.3, -0.25) is 9.59 Å². The number of nitrogens with two attached hydrogens (primary N) is 1. The minimum atomic E-state index is -0.433. The lowest BCUT2D eigenvalue weighted by molar-refractivity contribution is -0.141. The summed E-state index contributed by atoms with van der Waals surface area (Å²) >= 11 is 0. The number of esters is 1. The molecule has 0 saturated heterocycles. The highest BCUT2D eigenvalue weighted by Crippen LogP contribution is 2.14. The van der Waals surface area contributed by atoms with Crippen molar-refractivity contribution in [2.45, 2.75) is 13.8 Å². The summed E-state index contributed by atoms with van der Waals surface area (Å²) in [6, 6.07) is 5.07. The molecule has 0 aliphatic carbocycles. The molecule has 1 rings (SSSR count). The molecule has 0 heterocycles. The number of anilines is 1. The molecule has 1 aromatic carbocycles. The van der Waals surface area contributed by atoms with Gasteiger partial charge in [-0.05, 0) is 37.6 Å². The fourth-order valence-electron chi connectivity index (χ4n) is 1.54. The molecule has 0 aliphatic rings. The molecule has 0 aliphatic heterocycles. The third kappa shape index (κ3) is 3.23. The Hall–Kier alpha value is -2.04. The summed E-state index contributed by atoms with van der Waals surface area (Å²) < 4.78 is 4.56. The van der Waals surface area contributed by atoms with Crippen molar-refractivity contribution in [1.29, 1.82) is 0 Å². The zero-order valence-electron chi connectivity index (χ0n) is 10.9. The Morgan fingerprint density at radius 3 is 2.56 bits per heavy atom. The first-order valence-electron chi connectivity index (χ1n) is 5.71. The molecule has 0 aromatic heterocycles. The topological polar surface area (TPSA) is 72.6 Å². The summed E-state index contributed by atoms with van der Waals surface area (Å²) in [5.41, 5.74) is 7.71. The predicted octanol–water partition coefficient (Wildman–Crippen LogP) is 1.21. The second kappa shape index (κ2) is 6.05. The lowest BCUT2D eigenvalue weighted by Gasteiger charge is -2.19. The van der Waals surface area contributed by atoms with Crippen molar-refractivity contribution in [3.63, 3.8) is 0 Å². The standard InChI is InChI=1S/C13H18N2O3/c1-4-15(8-12(16)18-3)13(17)10-5-6-11(14)9(2)7-10/h5-7H,4,8,14H2,1-3H3. The summed E-state index contributed by atoms with van der Waals surface area (Å²) in [6.45, 7) is 4.04. The Bertz CT molecular complexity index is 458. The number of nitrogen functional groups attached to an aromatic ring is 1. The van der Waals surface area contributed by atoms with Crippen molar-refractivity contribution in [1.82, 2.24) is 4.90 Å². The largest absolute Gasteiger partial charge is 0.468 e. The highest BCUT2D eigenvalue weighted by atomic mass is 16.5. The Morgan fingerprint density at radius 1 is 1.39 bits per heavy atom. The van der Waals surface area contributed by atoms with Crippen LogP contribution in [0.5, 0.6) is 0 Å².